The van der Waals surface area contributed by atoms with Gasteiger partial charge >= 0.3 is 0 Å². The molecular formula is C32H37N9O4. The topological polar surface area (TPSA) is 171 Å². The fourth-order valence-corrected chi connectivity index (χ4v) is 6.31. The van der Waals surface area contributed by atoms with Gasteiger partial charge in [-0.15, -0.1) is 0 Å². The van der Waals surface area contributed by atoms with E-state index in [1.165, 1.54) is 0 Å². The van der Waals surface area contributed by atoms with Crippen LogP contribution in [-0.4, -0.2) is 63.9 Å². The van der Waals surface area contributed by atoms with Gasteiger partial charge in [-0.05, 0) is 49.1 Å². The molecule has 0 bridgehead atoms. The van der Waals surface area contributed by atoms with Crippen molar-refractivity contribution in [3.63, 3.8) is 0 Å². The van der Waals surface area contributed by atoms with Crippen LogP contribution in [0.2, 0.25) is 0 Å². The van der Waals surface area contributed by atoms with E-state index in [-0.39, 0.29) is 36.9 Å². The smallest absolute Gasteiger partial charge is 0.250 e. The molecule has 5 N–H and O–H groups in total. The number of amides is 3. The zero-order chi connectivity index (χ0) is 31.7. The molecule has 0 spiro atoms. The lowest BCUT2D eigenvalue weighted by atomic mass is 10.0. The molecule has 1 atom stereocenters. The van der Waals surface area contributed by atoms with Gasteiger partial charge in [-0.25, -0.2) is 9.97 Å². The quantitative estimate of drug-likeness (QED) is 0.209. The number of nitrogens with zero attached hydrogens (tertiary/aromatic N) is 5. The number of nitrogens with one attached hydrogen (secondary N) is 3. The number of para-hydroxylation sites is 1. The number of aromatic amines is 1. The Labute approximate surface area is 260 Å². The van der Waals surface area contributed by atoms with Crippen molar-refractivity contribution in [1.82, 2.24) is 25.3 Å². The zero-order valence-electron chi connectivity index (χ0n) is 25.6. The summed E-state index contributed by atoms with van der Waals surface area (Å²) >= 11 is 0. The van der Waals surface area contributed by atoms with E-state index in [9.17, 15) is 14.4 Å². The van der Waals surface area contributed by atoms with E-state index in [0.717, 1.165) is 37.1 Å². The zero-order valence-corrected chi connectivity index (χ0v) is 25.6. The highest BCUT2D eigenvalue weighted by atomic mass is 16.5. The monoisotopic (exact) mass is 611 g/mol. The Bertz CT molecular complexity index is 1760. The van der Waals surface area contributed by atoms with E-state index < -0.39 is 5.91 Å². The van der Waals surface area contributed by atoms with Crippen LogP contribution in [0, 0.1) is 0 Å². The van der Waals surface area contributed by atoms with Gasteiger partial charge < -0.3 is 35.9 Å². The number of methoxy groups -OCH3 is 1. The van der Waals surface area contributed by atoms with Crippen molar-refractivity contribution in [3.05, 3.63) is 59.5 Å². The number of ether oxygens (including phenoxy) is 1. The van der Waals surface area contributed by atoms with Crippen molar-refractivity contribution >= 4 is 51.9 Å². The maximum absolute atomic E-state index is 13.2. The Balaban J connectivity index is 1.16. The number of hydrogen-bond donors (Lipinski definition) is 4. The summed E-state index contributed by atoms with van der Waals surface area (Å²) in [6.07, 6.45) is 6.88. The number of benzene rings is 2. The van der Waals surface area contributed by atoms with Crippen LogP contribution in [0.3, 0.4) is 0 Å². The summed E-state index contributed by atoms with van der Waals surface area (Å²) in [5.74, 6) is 1.50. The highest BCUT2D eigenvalue weighted by Crippen LogP contribution is 2.40. The van der Waals surface area contributed by atoms with Crippen molar-refractivity contribution in [2.24, 2.45) is 5.73 Å². The fourth-order valence-electron chi connectivity index (χ4n) is 6.31. The van der Waals surface area contributed by atoms with Crippen LogP contribution in [0.5, 0.6) is 5.75 Å². The Morgan fingerprint density at radius 2 is 1.96 bits per heavy atom. The summed E-state index contributed by atoms with van der Waals surface area (Å²) in [5, 5.41) is 6.14. The molecule has 0 saturated heterocycles. The predicted molar refractivity (Wildman–Crippen MR) is 171 cm³/mol. The first-order chi connectivity index (χ1) is 21.8. The Morgan fingerprint density at radius 3 is 2.69 bits per heavy atom. The van der Waals surface area contributed by atoms with Crippen molar-refractivity contribution in [3.8, 4) is 5.75 Å². The number of hydrogen-bond acceptors (Lipinski definition) is 9. The molecule has 2 aromatic carbocycles. The van der Waals surface area contributed by atoms with E-state index in [1.54, 1.807) is 49.5 Å². The molecule has 1 fully saturated rings. The molecule has 3 heterocycles. The highest BCUT2D eigenvalue weighted by molar-refractivity contribution is 6.05. The van der Waals surface area contributed by atoms with E-state index in [2.05, 4.69) is 30.5 Å². The maximum atomic E-state index is 13.2. The Kier molecular flexibility index (Phi) is 8.24. The summed E-state index contributed by atoms with van der Waals surface area (Å²) in [4.78, 5) is 58.5. The van der Waals surface area contributed by atoms with Crippen LogP contribution < -0.4 is 30.9 Å². The number of fused-ring (bicyclic) bond motifs is 2. The number of aromatic nitrogens is 4. The third-order valence-electron chi connectivity index (χ3n) is 8.57. The van der Waals surface area contributed by atoms with Gasteiger partial charge in [0.1, 0.15) is 28.8 Å². The number of H-pyrrole nitrogens is 1. The molecule has 3 amide bonds. The predicted octanol–water partition coefficient (Wildman–Crippen LogP) is 3.57. The minimum Gasteiger partial charge on any atom is -0.495 e. The average Bonchev–Trinajstić information content (AvgIpc) is 3.72. The number of rotatable bonds is 10. The number of primary amides is 1. The van der Waals surface area contributed by atoms with Gasteiger partial charge in [-0.2, -0.15) is 4.98 Å². The standard InChI is InChI=1S/C32H37N9O4/c1-4-23-31(44)40(2)24-16-35-32(39-30(24)41(23)19-8-5-6-9-19)37-21-13-12-18(14-25(21)45-3)15-27(42)34-17-26-36-22-11-7-10-20(29(33)43)28(22)38-26/h7,10-14,16,19,23H,4-6,8-9,15,17H2,1-3H3,(H2,33,43)(H,34,42)(H,36,38)(H,35,37,39)/t23-/m1/s1. The van der Waals surface area contributed by atoms with Gasteiger partial charge in [0.05, 0.1) is 43.0 Å². The van der Waals surface area contributed by atoms with Gasteiger partial charge in [0.15, 0.2) is 5.82 Å². The van der Waals surface area contributed by atoms with Crippen LogP contribution in [0.1, 0.15) is 60.8 Å². The van der Waals surface area contributed by atoms with E-state index >= 15 is 0 Å². The molecule has 4 aromatic rings. The minimum atomic E-state index is -0.562. The molecule has 13 nitrogen and oxygen atoms in total. The summed E-state index contributed by atoms with van der Waals surface area (Å²) in [5.41, 5.74) is 9.01. The Hall–Kier alpha value is -5.20. The molecule has 13 heteroatoms. The second-order valence-corrected chi connectivity index (χ2v) is 11.4. The van der Waals surface area contributed by atoms with Crippen LogP contribution in [-0.2, 0) is 22.6 Å². The van der Waals surface area contributed by atoms with E-state index in [0.29, 0.717) is 51.9 Å². The fraction of sp³-hybridized carbons (Fsp3) is 0.375. The summed E-state index contributed by atoms with van der Waals surface area (Å²) in [7, 11) is 3.34. The Morgan fingerprint density at radius 1 is 1.16 bits per heavy atom. The average molecular weight is 612 g/mol. The van der Waals surface area contributed by atoms with E-state index in [4.69, 9.17) is 15.5 Å². The van der Waals surface area contributed by atoms with Crippen LogP contribution in [0.4, 0.5) is 23.1 Å². The number of imidazole rings is 1. The van der Waals surface area contributed by atoms with Crippen LogP contribution >= 0.6 is 0 Å². The molecule has 2 aromatic heterocycles. The second-order valence-electron chi connectivity index (χ2n) is 11.4. The normalized spacial score (nSPS) is 16.6. The third-order valence-corrected chi connectivity index (χ3v) is 8.57. The molecule has 2 aliphatic rings. The highest BCUT2D eigenvalue weighted by Gasteiger charge is 2.41. The van der Waals surface area contributed by atoms with Crippen molar-refractivity contribution in [2.45, 2.75) is 64.1 Å². The SMILES string of the molecule is CC[C@@H]1C(=O)N(C)c2cnc(Nc3ccc(CC(=O)NCc4nc5c(C(N)=O)cccc5[nH]4)cc3OC)nc2N1C1CCCC1. The molecule has 45 heavy (non-hydrogen) atoms. The van der Waals surface area contributed by atoms with Crippen LogP contribution in [0.15, 0.2) is 42.6 Å². The minimum absolute atomic E-state index is 0.0670. The number of likely N-dealkylation sites (N-methyl/N-ethyl adjacent to an activating group) is 1. The number of anilines is 4. The second kappa shape index (κ2) is 12.4. The molecule has 234 valence electrons. The van der Waals surface area contributed by atoms with Gasteiger partial charge in [0.2, 0.25) is 17.8 Å². The van der Waals surface area contributed by atoms with Gasteiger partial charge in [0.25, 0.3) is 5.91 Å². The molecule has 1 aliphatic carbocycles. The van der Waals surface area contributed by atoms with Crippen molar-refractivity contribution in [1.29, 1.82) is 0 Å². The van der Waals surface area contributed by atoms with Gasteiger partial charge in [-0.3, -0.25) is 14.4 Å². The molecule has 1 saturated carbocycles. The first-order valence-electron chi connectivity index (χ1n) is 15.2. The molecule has 6 rings (SSSR count). The lowest BCUT2D eigenvalue weighted by Crippen LogP contribution is -2.55. The molecule has 0 unspecified atom stereocenters. The van der Waals surface area contributed by atoms with Gasteiger partial charge in [-0.1, -0.05) is 31.9 Å². The summed E-state index contributed by atoms with van der Waals surface area (Å²) < 4.78 is 5.65. The first-order valence-corrected chi connectivity index (χ1v) is 15.2. The van der Waals surface area contributed by atoms with E-state index in [1.807, 2.05) is 19.1 Å². The third kappa shape index (κ3) is 5.85. The number of carbonyl (C=O) groups excluding carboxylic acids is 3. The lowest BCUT2D eigenvalue weighted by molar-refractivity contribution is -0.121. The molecular weight excluding hydrogens is 574 g/mol. The number of nitrogens with two attached hydrogens (primary N) is 1. The van der Waals surface area contributed by atoms with Crippen molar-refractivity contribution in [2.75, 3.05) is 29.3 Å². The largest absolute Gasteiger partial charge is 0.495 e. The summed E-state index contributed by atoms with van der Waals surface area (Å²) in [6.45, 7) is 2.20. The molecule has 1 aliphatic heterocycles. The maximum Gasteiger partial charge on any atom is 0.250 e. The number of carbonyl (C=O) groups is 3. The summed E-state index contributed by atoms with van der Waals surface area (Å²) in [6, 6.07) is 10.6. The van der Waals surface area contributed by atoms with Crippen molar-refractivity contribution < 1.29 is 19.1 Å². The molecule has 0 radical (unpaired) electrons. The first kappa shape index (κ1) is 29.9. The van der Waals surface area contributed by atoms with Gasteiger partial charge in [0, 0.05) is 13.1 Å². The lowest BCUT2D eigenvalue weighted by Gasteiger charge is -2.43. The van der Waals surface area contributed by atoms with Crippen LogP contribution in [0.25, 0.3) is 11.0 Å².